The van der Waals surface area contributed by atoms with Gasteiger partial charge >= 0.3 is 0 Å². The molecule has 5 nitrogen and oxygen atoms in total. The van der Waals surface area contributed by atoms with Gasteiger partial charge in [0, 0.05) is 50.0 Å². The first-order valence-electron chi connectivity index (χ1n) is 16.7. The molecule has 0 atom stereocenters. The lowest BCUT2D eigenvalue weighted by atomic mass is 10.0. The Morgan fingerprint density at radius 2 is 0.900 bits per heavy atom. The van der Waals surface area contributed by atoms with E-state index in [-0.39, 0.29) is 0 Å². The Bertz CT molecular complexity index is 2810. The van der Waals surface area contributed by atoms with Gasteiger partial charge in [0.25, 0.3) is 0 Å². The lowest BCUT2D eigenvalue weighted by molar-refractivity contribution is 0.669. The fourth-order valence-corrected chi connectivity index (χ4v) is 7.07. The zero-order valence-corrected chi connectivity index (χ0v) is 26.9. The largest absolute Gasteiger partial charge is 0.456 e. The zero-order valence-electron chi connectivity index (χ0n) is 26.9. The third-order valence-corrected chi connectivity index (χ3v) is 9.43. The van der Waals surface area contributed by atoms with Crippen LogP contribution in [0, 0.1) is 0 Å². The summed E-state index contributed by atoms with van der Waals surface area (Å²) < 4.78 is 8.68. The van der Waals surface area contributed by atoms with Crippen LogP contribution in [0.1, 0.15) is 0 Å². The predicted molar refractivity (Wildman–Crippen MR) is 203 cm³/mol. The van der Waals surface area contributed by atoms with Gasteiger partial charge in [-0.3, -0.25) is 0 Å². The molecule has 0 amide bonds. The summed E-state index contributed by atoms with van der Waals surface area (Å²) in [7, 11) is 0. The summed E-state index contributed by atoms with van der Waals surface area (Å²) >= 11 is 0. The van der Waals surface area contributed by atoms with Crippen molar-refractivity contribution in [2.45, 2.75) is 0 Å². The Balaban J connectivity index is 1.11. The minimum Gasteiger partial charge on any atom is -0.456 e. The Kier molecular flexibility index (Phi) is 6.42. The molecule has 0 aliphatic carbocycles. The van der Waals surface area contributed by atoms with Crippen molar-refractivity contribution in [3.05, 3.63) is 170 Å². The van der Waals surface area contributed by atoms with Gasteiger partial charge in [0.05, 0.1) is 11.0 Å². The maximum absolute atomic E-state index is 6.34. The monoisotopic (exact) mass is 640 g/mol. The first-order chi connectivity index (χ1) is 24.8. The van der Waals surface area contributed by atoms with Crippen molar-refractivity contribution in [2.75, 3.05) is 0 Å². The molecule has 5 heteroatoms. The lowest BCUT2D eigenvalue weighted by Crippen LogP contribution is -2.00. The van der Waals surface area contributed by atoms with Crippen molar-refractivity contribution in [1.29, 1.82) is 0 Å². The van der Waals surface area contributed by atoms with Gasteiger partial charge in [-0.25, -0.2) is 15.0 Å². The number of aromatic nitrogens is 4. The summed E-state index contributed by atoms with van der Waals surface area (Å²) in [5, 5.41) is 4.67. The summed E-state index contributed by atoms with van der Waals surface area (Å²) in [6, 6.07) is 58.6. The predicted octanol–water partition coefficient (Wildman–Crippen LogP) is 11.5. The van der Waals surface area contributed by atoms with Crippen LogP contribution >= 0.6 is 0 Å². The Labute approximate surface area is 287 Å². The van der Waals surface area contributed by atoms with Crippen molar-refractivity contribution in [3.8, 4) is 51.0 Å². The van der Waals surface area contributed by atoms with Gasteiger partial charge in [-0.15, -0.1) is 0 Å². The van der Waals surface area contributed by atoms with E-state index in [1.165, 1.54) is 10.8 Å². The van der Waals surface area contributed by atoms with Crippen LogP contribution in [-0.4, -0.2) is 19.5 Å². The van der Waals surface area contributed by atoms with E-state index in [1.807, 2.05) is 72.8 Å². The van der Waals surface area contributed by atoms with Crippen molar-refractivity contribution in [1.82, 2.24) is 19.5 Å². The summed E-state index contributed by atoms with van der Waals surface area (Å²) in [4.78, 5) is 14.8. The van der Waals surface area contributed by atoms with Crippen LogP contribution < -0.4 is 0 Å². The molecule has 0 aliphatic rings. The average Bonchev–Trinajstić information content (AvgIpc) is 3.72. The number of hydrogen-bond donors (Lipinski definition) is 0. The molecule has 3 aromatic heterocycles. The van der Waals surface area contributed by atoms with Crippen LogP contribution in [0.4, 0.5) is 0 Å². The molecule has 0 spiro atoms. The van der Waals surface area contributed by atoms with Crippen LogP contribution in [0.2, 0.25) is 0 Å². The number of fused-ring (bicyclic) bond motifs is 6. The van der Waals surface area contributed by atoms with E-state index in [1.54, 1.807) is 0 Å². The van der Waals surface area contributed by atoms with Crippen molar-refractivity contribution in [3.63, 3.8) is 0 Å². The molecule has 0 bridgehead atoms. The standard InChI is InChI=1S/C45H28N4O/c1-3-13-29(14-4-1)43-46-44(30-15-5-2-6-16-30)48-45(47-43)33-19-11-17-31(25-33)32-18-12-20-34(26-32)49-39-23-9-7-21-35(39)37-27-38-36-22-8-10-24-41(36)50-42(38)28-40(37)49/h1-28H. The molecule has 50 heavy (non-hydrogen) atoms. The number of rotatable bonds is 5. The van der Waals surface area contributed by atoms with Crippen molar-refractivity contribution < 1.29 is 4.42 Å². The number of para-hydroxylation sites is 2. The summed E-state index contributed by atoms with van der Waals surface area (Å²) in [5.74, 6) is 1.92. The number of hydrogen-bond acceptors (Lipinski definition) is 4. The highest BCUT2D eigenvalue weighted by atomic mass is 16.3. The maximum atomic E-state index is 6.34. The van der Waals surface area contributed by atoms with Crippen LogP contribution in [-0.2, 0) is 0 Å². The minimum atomic E-state index is 0.632. The quantitative estimate of drug-likeness (QED) is 0.188. The fraction of sp³-hybridized carbons (Fsp3) is 0. The van der Waals surface area contributed by atoms with Crippen molar-refractivity contribution >= 4 is 43.7 Å². The zero-order chi connectivity index (χ0) is 33.0. The molecule has 0 radical (unpaired) electrons. The smallest absolute Gasteiger partial charge is 0.164 e. The number of benzene rings is 7. The van der Waals surface area contributed by atoms with E-state index in [9.17, 15) is 0 Å². The molecular weight excluding hydrogens is 613 g/mol. The highest BCUT2D eigenvalue weighted by Gasteiger charge is 2.17. The van der Waals surface area contributed by atoms with Gasteiger partial charge in [0.15, 0.2) is 17.5 Å². The number of furan rings is 1. The third kappa shape index (κ3) is 4.67. The van der Waals surface area contributed by atoms with E-state index in [2.05, 4.69) is 102 Å². The molecule has 0 saturated carbocycles. The van der Waals surface area contributed by atoms with Gasteiger partial charge in [0.1, 0.15) is 11.2 Å². The SMILES string of the molecule is c1ccc(-c2nc(-c3ccccc3)nc(-c3cccc(-c4cccc(-n5c6ccccc6c6cc7c(cc65)oc5ccccc57)c4)c3)n2)cc1. The fourth-order valence-electron chi connectivity index (χ4n) is 7.07. The van der Waals surface area contributed by atoms with Crippen LogP contribution in [0.15, 0.2) is 174 Å². The second kappa shape index (κ2) is 11.4. The molecule has 10 aromatic rings. The van der Waals surface area contributed by atoms with E-state index in [4.69, 9.17) is 19.4 Å². The minimum absolute atomic E-state index is 0.632. The molecule has 0 aliphatic heterocycles. The highest BCUT2D eigenvalue weighted by molar-refractivity contribution is 6.17. The van der Waals surface area contributed by atoms with E-state index >= 15 is 0 Å². The second-order valence-electron chi connectivity index (χ2n) is 12.5. The second-order valence-corrected chi connectivity index (χ2v) is 12.5. The number of nitrogens with zero attached hydrogens (tertiary/aromatic N) is 4. The van der Waals surface area contributed by atoms with Gasteiger partial charge < -0.3 is 8.98 Å². The summed E-state index contributed by atoms with van der Waals surface area (Å²) in [6.07, 6.45) is 0. The first kappa shape index (κ1) is 28.2. The van der Waals surface area contributed by atoms with Crippen LogP contribution in [0.25, 0.3) is 94.7 Å². The van der Waals surface area contributed by atoms with Crippen LogP contribution in [0.5, 0.6) is 0 Å². The average molecular weight is 641 g/mol. The molecular formula is C45H28N4O. The normalized spacial score (nSPS) is 11.6. The first-order valence-corrected chi connectivity index (χ1v) is 16.7. The molecule has 10 rings (SSSR count). The summed E-state index contributed by atoms with van der Waals surface area (Å²) in [6.45, 7) is 0. The van der Waals surface area contributed by atoms with E-state index in [0.717, 1.165) is 66.5 Å². The molecule has 0 saturated heterocycles. The Hall–Kier alpha value is -6.85. The molecule has 0 fully saturated rings. The van der Waals surface area contributed by atoms with Crippen molar-refractivity contribution in [2.24, 2.45) is 0 Å². The topological polar surface area (TPSA) is 56.7 Å². The van der Waals surface area contributed by atoms with E-state index < -0.39 is 0 Å². The summed E-state index contributed by atoms with van der Waals surface area (Å²) in [5.41, 5.74) is 10.1. The molecule has 234 valence electrons. The Morgan fingerprint density at radius 3 is 1.64 bits per heavy atom. The highest BCUT2D eigenvalue weighted by Crippen LogP contribution is 2.39. The van der Waals surface area contributed by atoms with Gasteiger partial charge in [-0.2, -0.15) is 0 Å². The van der Waals surface area contributed by atoms with Crippen LogP contribution in [0.3, 0.4) is 0 Å². The molecule has 7 aromatic carbocycles. The maximum Gasteiger partial charge on any atom is 0.164 e. The molecule has 0 N–H and O–H groups in total. The molecule has 3 heterocycles. The van der Waals surface area contributed by atoms with Gasteiger partial charge in [-0.05, 0) is 47.5 Å². The Morgan fingerprint density at radius 1 is 0.340 bits per heavy atom. The van der Waals surface area contributed by atoms with Gasteiger partial charge in [-0.1, -0.05) is 127 Å². The lowest BCUT2D eigenvalue weighted by Gasteiger charge is -2.12. The van der Waals surface area contributed by atoms with Gasteiger partial charge in [0.2, 0.25) is 0 Å². The van der Waals surface area contributed by atoms with E-state index in [0.29, 0.717) is 17.5 Å². The molecule has 0 unspecified atom stereocenters. The third-order valence-electron chi connectivity index (χ3n) is 9.43.